The average molecular weight is 439 g/mol. The van der Waals surface area contributed by atoms with Crippen LogP contribution in [0.2, 0.25) is 0 Å². The number of carbonyl (C=O) groups excluding carboxylic acids is 1. The van der Waals surface area contributed by atoms with Gasteiger partial charge in [-0.15, -0.1) is 0 Å². The molecule has 1 amide bonds. The number of nitrogens with zero attached hydrogens (tertiary/aromatic N) is 2. The molecule has 0 N–H and O–H groups in total. The lowest BCUT2D eigenvalue weighted by Crippen LogP contribution is -2.46. The summed E-state index contributed by atoms with van der Waals surface area (Å²) in [7, 11) is 0. The van der Waals surface area contributed by atoms with Crippen molar-refractivity contribution in [3.05, 3.63) is 57.8 Å². The number of likely N-dealkylation sites (tertiary alicyclic amines) is 1. The summed E-state index contributed by atoms with van der Waals surface area (Å²) in [4.78, 5) is 18.0. The van der Waals surface area contributed by atoms with Crippen molar-refractivity contribution in [1.29, 1.82) is 0 Å². The van der Waals surface area contributed by atoms with Gasteiger partial charge in [0.2, 0.25) is 5.91 Å². The van der Waals surface area contributed by atoms with Crippen LogP contribution < -0.4 is 0 Å². The van der Waals surface area contributed by atoms with E-state index in [1.165, 1.54) is 36.8 Å². The first-order chi connectivity index (χ1) is 15.2. The summed E-state index contributed by atoms with van der Waals surface area (Å²) in [5.74, 6) is 0.871. The highest BCUT2D eigenvalue weighted by Gasteiger charge is 2.31. The molecule has 1 aromatic carbocycles. The summed E-state index contributed by atoms with van der Waals surface area (Å²) in [6, 6.07) is 11.7. The highest BCUT2D eigenvalue weighted by molar-refractivity contribution is 7.08. The molecule has 0 radical (unpaired) electrons. The Balaban J connectivity index is 1.15. The summed E-state index contributed by atoms with van der Waals surface area (Å²) < 4.78 is 5.87. The summed E-state index contributed by atoms with van der Waals surface area (Å²) in [6.45, 7) is 4.83. The van der Waals surface area contributed by atoms with Gasteiger partial charge in [0.15, 0.2) is 0 Å². The van der Waals surface area contributed by atoms with Crippen LogP contribution in [-0.4, -0.2) is 60.6 Å². The van der Waals surface area contributed by atoms with E-state index in [9.17, 15) is 4.79 Å². The molecule has 3 heterocycles. The SMILES string of the molecule is O=C(Cc1ccsc1)N(CC1CCN(C2Cc3ccccc3C2)CC1)CC1CCCO1. The fourth-order valence-corrected chi connectivity index (χ4v) is 6.27. The zero-order chi connectivity index (χ0) is 21.0. The lowest BCUT2D eigenvalue weighted by molar-refractivity contribution is -0.133. The molecule has 5 rings (SSSR count). The molecule has 31 heavy (non-hydrogen) atoms. The molecule has 0 saturated carbocycles. The first-order valence-electron chi connectivity index (χ1n) is 12.0. The van der Waals surface area contributed by atoms with Gasteiger partial charge in [0.05, 0.1) is 12.5 Å². The van der Waals surface area contributed by atoms with Gasteiger partial charge in [-0.3, -0.25) is 9.69 Å². The number of hydrogen-bond acceptors (Lipinski definition) is 4. The highest BCUT2D eigenvalue weighted by atomic mass is 32.1. The maximum atomic E-state index is 13.1. The third-order valence-corrected chi connectivity index (χ3v) is 8.14. The maximum Gasteiger partial charge on any atom is 0.227 e. The van der Waals surface area contributed by atoms with Crippen molar-refractivity contribution >= 4 is 17.2 Å². The molecule has 1 aromatic heterocycles. The Bertz CT molecular complexity index is 829. The molecule has 3 aliphatic rings. The predicted octanol–water partition coefficient (Wildman–Crippen LogP) is 4.18. The monoisotopic (exact) mass is 438 g/mol. The molecule has 2 aromatic rings. The van der Waals surface area contributed by atoms with E-state index in [4.69, 9.17) is 4.74 Å². The summed E-state index contributed by atoms with van der Waals surface area (Å²) >= 11 is 1.67. The number of hydrogen-bond donors (Lipinski definition) is 0. The molecule has 0 spiro atoms. The minimum absolute atomic E-state index is 0.225. The Labute approximate surface area is 190 Å². The van der Waals surface area contributed by atoms with Crippen LogP contribution in [0.5, 0.6) is 0 Å². The van der Waals surface area contributed by atoms with Crippen molar-refractivity contribution in [2.24, 2.45) is 5.92 Å². The van der Waals surface area contributed by atoms with Crippen LogP contribution >= 0.6 is 11.3 Å². The molecule has 166 valence electrons. The van der Waals surface area contributed by atoms with Gasteiger partial charge in [0, 0.05) is 25.7 Å². The Kier molecular flexibility index (Phi) is 6.72. The van der Waals surface area contributed by atoms with Gasteiger partial charge < -0.3 is 9.64 Å². The topological polar surface area (TPSA) is 32.8 Å². The fraction of sp³-hybridized carbons (Fsp3) is 0.577. The average Bonchev–Trinajstić information content (AvgIpc) is 3.55. The van der Waals surface area contributed by atoms with Crippen LogP contribution in [0.3, 0.4) is 0 Å². The zero-order valence-electron chi connectivity index (χ0n) is 18.4. The first-order valence-corrected chi connectivity index (χ1v) is 12.9. The van der Waals surface area contributed by atoms with Crippen LogP contribution in [0.15, 0.2) is 41.1 Å². The Morgan fingerprint density at radius 3 is 2.48 bits per heavy atom. The van der Waals surface area contributed by atoms with Gasteiger partial charge >= 0.3 is 0 Å². The van der Waals surface area contributed by atoms with Gasteiger partial charge in [-0.2, -0.15) is 11.3 Å². The molecule has 2 fully saturated rings. The second-order valence-electron chi connectivity index (χ2n) is 9.55. The second-order valence-corrected chi connectivity index (χ2v) is 10.3. The van der Waals surface area contributed by atoms with E-state index in [0.717, 1.165) is 51.2 Å². The first kappa shape index (κ1) is 21.2. The van der Waals surface area contributed by atoms with Crippen molar-refractivity contribution in [3.63, 3.8) is 0 Å². The Morgan fingerprint density at radius 1 is 1.06 bits per heavy atom. The lowest BCUT2D eigenvalue weighted by Gasteiger charge is -2.38. The molecule has 0 bridgehead atoms. The van der Waals surface area contributed by atoms with Gasteiger partial charge in [-0.05, 0) is 91.0 Å². The number of benzene rings is 1. The van der Waals surface area contributed by atoms with E-state index >= 15 is 0 Å². The minimum atomic E-state index is 0.225. The second kappa shape index (κ2) is 9.85. The van der Waals surface area contributed by atoms with E-state index in [2.05, 4.69) is 50.9 Å². The molecule has 2 saturated heterocycles. The van der Waals surface area contributed by atoms with E-state index in [-0.39, 0.29) is 12.0 Å². The third kappa shape index (κ3) is 5.21. The molecule has 4 nitrogen and oxygen atoms in total. The van der Waals surface area contributed by atoms with E-state index in [1.54, 1.807) is 11.3 Å². The molecule has 1 unspecified atom stereocenters. The normalized spacial score (nSPS) is 22.6. The summed E-state index contributed by atoms with van der Waals surface area (Å²) in [5.41, 5.74) is 4.22. The number of fused-ring (bicyclic) bond motifs is 1. The molecular formula is C26H34N2O2S. The lowest BCUT2D eigenvalue weighted by atomic mass is 9.94. The van der Waals surface area contributed by atoms with Crippen molar-refractivity contribution in [2.45, 2.75) is 57.1 Å². The van der Waals surface area contributed by atoms with E-state index in [0.29, 0.717) is 18.4 Å². The largest absolute Gasteiger partial charge is 0.376 e. The van der Waals surface area contributed by atoms with Crippen molar-refractivity contribution in [3.8, 4) is 0 Å². The standard InChI is InChI=1S/C26H34N2O2S/c29-26(14-21-9-13-31-19-21)28(18-25-6-3-12-30-25)17-20-7-10-27(11-8-20)24-15-22-4-1-2-5-23(22)16-24/h1-2,4-5,9,13,19-20,24-25H,3,6-8,10-12,14-18H2. The van der Waals surface area contributed by atoms with Gasteiger partial charge in [0.25, 0.3) is 0 Å². The molecule has 1 atom stereocenters. The van der Waals surface area contributed by atoms with Crippen molar-refractivity contribution in [1.82, 2.24) is 9.80 Å². The Hall–Kier alpha value is -1.69. The third-order valence-electron chi connectivity index (χ3n) is 7.41. The molecule has 1 aliphatic carbocycles. The number of piperidine rings is 1. The van der Waals surface area contributed by atoms with Crippen LogP contribution in [0.1, 0.15) is 42.4 Å². The zero-order valence-corrected chi connectivity index (χ0v) is 19.2. The van der Waals surface area contributed by atoms with Gasteiger partial charge in [-0.1, -0.05) is 24.3 Å². The van der Waals surface area contributed by atoms with Crippen molar-refractivity contribution < 1.29 is 9.53 Å². The Morgan fingerprint density at radius 2 is 1.84 bits per heavy atom. The number of ether oxygens (including phenoxy) is 1. The number of carbonyl (C=O) groups is 1. The molecule has 5 heteroatoms. The van der Waals surface area contributed by atoms with Crippen LogP contribution in [0, 0.1) is 5.92 Å². The summed E-state index contributed by atoms with van der Waals surface area (Å²) in [5, 5.41) is 4.16. The fourth-order valence-electron chi connectivity index (χ4n) is 5.60. The quantitative estimate of drug-likeness (QED) is 0.650. The number of rotatable bonds is 7. The van der Waals surface area contributed by atoms with E-state index < -0.39 is 0 Å². The molecular weight excluding hydrogens is 404 g/mol. The van der Waals surface area contributed by atoms with Gasteiger partial charge in [-0.25, -0.2) is 0 Å². The van der Waals surface area contributed by atoms with E-state index in [1.807, 2.05) is 0 Å². The minimum Gasteiger partial charge on any atom is -0.376 e. The van der Waals surface area contributed by atoms with Crippen molar-refractivity contribution in [2.75, 3.05) is 32.8 Å². The maximum absolute atomic E-state index is 13.1. The van der Waals surface area contributed by atoms with Crippen LogP contribution in [0.4, 0.5) is 0 Å². The van der Waals surface area contributed by atoms with Crippen LogP contribution in [0.25, 0.3) is 0 Å². The highest BCUT2D eigenvalue weighted by Crippen LogP contribution is 2.29. The smallest absolute Gasteiger partial charge is 0.227 e. The summed E-state index contributed by atoms with van der Waals surface area (Å²) in [6.07, 6.45) is 7.75. The molecule has 2 aliphatic heterocycles. The number of amides is 1. The van der Waals surface area contributed by atoms with Gasteiger partial charge in [0.1, 0.15) is 0 Å². The van der Waals surface area contributed by atoms with Crippen LogP contribution in [-0.2, 0) is 28.8 Å². The predicted molar refractivity (Wildman–Crippen MR) is 126 cm³/mol. The number of thiophene rings is 1.